The molecule has 0 saturated carbocycles. The Labute approximate surface area is 190 Å². The number of halogens is 4. The maximum atomic E-state index is 14.6. The van der Waals surface area contributed by atoms with Gasteiger partial charge in [-0.1, -0.05) is 0 Å². The van der Waals surface area contributed by atoms with Crippen LogP contribution in [0.2, 0.25) is 0 Å². The summed E-state index contributed by atoms with van der Waals surface area (Å²) >= 11 is 0. The van der Waals surface area contributed by atoms with E-state index >= 15 is 0 Å². The average Bonchev–Trinajstić information content (AvgIpc) is 3.57. The van der Waals surface area contributed by atoms with Gasteiger partial charge in [0, 0.05) is 48.5 Å². The van der Waals surface area contributed by atoms with E-state index in [9.17, 15) is 22.8 Å². The second-order valence-electron chi connectivity index (χ2n) is 8.09. The maximum absolute atomic E-state index is 14.6. The molecule has 1 fully saturated rings. The van der Waals surface area contributed by atoms with Crippen molar-refractivity contribution in [3.63, 3.8) is 0 Å². The normalized spacial score (nSPS) is 17.3. The van der Waals surface area contributed by atoms with Gasteiger partial charge in [-0.2, -0.15) is 23.5 Å². The summed E-state index contributed by atoms with van der Waals surface area (Å²) in [4.78, 5) is 16.9. The number of nitrogens with zero attached hydrogens (tertiary/aromatic N) is 7. The first-order valence-electron chi connectivity index (χ1n) is 10.5. The number of nitriles is 1. The Bertz CT molecular complexity index is 1370. The van der Waals surface area contributed by atoms with E-state index < -0.39 is 17.6 Å². The molecule has 0 unspecified atom stereocenters. The lowest BCUT2D eigenvalue weighted by Gasteiger charge is -2.23. The van der Waals surface area contributed by atoms with Crippen molar-refractivity contribution in [2.45, 2.75) is 25.1 Å². The van der Waals surface area contributed by atoms with Gasteiger partial charge in [0.2, 0.25) is 0 Å². The number of H-pyrrole nitrogens is 1. The second-order valence-corrected chi connectivity index (χ2v) is 8.09. The van der Waals surface area contributed by atoms with Crippen LogP contribution in [0, 0.1) is 23.1 Å². The molecule has 1 aliphatic heterocycles. The average molecular weight is 470 g/mol. The second kappa shape index (κ2) is 8.40. The Hall–Kier alpha value is -4.01. The third-order valence-corrected chi connectivity index (χ3v) is 6.11. The molecule has 12 heteroatoms. The van der Waals surface area contributed by atoms with Gasteiger partial charge in [-0.25, -0.2) is 19.3 Å². The van der Waals surface area contributed by atoms with Crippen LogP contribution in [0.1, 0.15) is 24.4 Å². The Morgan fingerprint density at radius 2 is 2.09 bits per heavy atom. The molecule has 2 atom stereocenters. The smallest absolute Gasteiger partial charge is 0.354 e. The number of nitrogens with one attached hydrogen (secondary N) is 1. The topological polar surface area (TPSA) is 99.3 Å². The zero-order chi connectivity index (χ0) is 23.9. The summed E-state index contributed by atoms with van der Waals surface area (Å²) < 4.78 is 55.6. The first-order chi connectivity index (χ1) is 16.4. The van der Waals surface area contributed by atoms with E-state index in [0.717, 1.165) is 17.1 Å². The quantitative estimate of drug-likeness (QED) is 0.435. The summed E-state index contributed by atoms with van der Waals surface area (Å²) in [5.74, 6) is -1.85. The van der Waals surface area contributed by atoms with Crippen molar-refractivity contribution < 1.29 is 17.6 Å². The summed E-state index contributed by atoms with van der Waals surface area (Å²) in [6, 6.07) is 4.31. The van der Waals surface area contributed by atoms with Gasteiger partial charge in [0.25, 0.3) is 0 Å². The van der Waals surface area contributed by atoms with Crippen LogP contribution in [0.15, 0.2) is 43.2 Å². The summed E-state index contributed by atoms with van der Waals surface area (Å²) in [5.41, 5.74) is 0.785. The van der Waals surface area contributed by atoms with E-state index in [1.165, 1.54) is 11.2 Å². The van der Waals surface area contributed by atoms with Crippen LogP contribution in [0.3, 0.4) is 0 Å². The van der Waals surface area contributed by atoms with E-state index in [1.54, 1.807) is 23.3 Å². The number of pyridine rings is 1. The lowest BCUT2D eigenvalue weighted by atomic mass is 9.96. The van der Waals surface area contributed by atoms with Gasteiger partial charge >= 0.3 is 6.18 Å². The third kappa shape index (κ3) is 3.83. The molecule has 0 aromatic carbocycles. The molecule has 0 amide bonds. The van der Waals surface area contributed by atoms with E-state index in [4.69, 9.17) is 0 Å². The highest BCUT2D eigenvalue weighted by molar-refractivity contribution is 5.89. The minimum atomic E-state index is -4.80. The van der Waals surface area contributed by atoms with Gasteiger partial charge in [0.15, 0.2) is 11.6 Å². The van der Waals surface area contributed by atoms with Crippen molar-refractivity contribution in [2.24, 2.45) is 5.92 Å². The standard InChI is InChI=1S/C22H18F4N8/c23-18-16(22(24,25)26)3-7-29-21(18)33-8-4-13(10-33)17(1-5-27)34-11-14(9-32-34)19-15-2-6-28-20(15)31-12-30-19/h2-3,6-7,9,11-13,17H,1,4,8,10H2,(H,28,30,31)/t13-,17-/m0/s1. The first kappa shape index (κ1) is 21.8. The van der Waals surface area contributed by atoms with Crippen LogP contribution in [0.4, 0.5) is 23.4 Å². The minimum Gasteiger partial charge on any atom is -0.354 e. The molecule has 34 heavy (non-hydrogen) atoms. The fourth-order valence-corrected chi connectivity index (χ4v) is 4.48. The number of aromatic nitrogens is 6. The van der Waals surface area contributed by atoms with Crippen molar-refractivity contribution in [1.29, 1.82) is 5.26 Å². The van der Waals surface area contributed by atoms with Gasteiger partial charge in [0.05, 0.1) is 36.0 Å². The number of alkyl halides is 3. The zero-order valence-corrected chi connectivity index (χ0v) is 17.7. The van der Waals surface area contributed by atoms with Crippen LogP contribution in [0.25, 0.3) is 22.3 Å². The largest absolute Gasteiger partial charge is 0.419 e. The van der Waals surface area contributed by atoms with E-state index in [2.05, 4.69) is 31.1 Å². The molecule has 0 radical (unpaired) electrons. The zero-order valence-electron chi connectivity index (χ0n) is 17.7. The van der Waals surface area contributed by atoms with Crippen molar-refractivity contribution in [3.8, 4) is 17.3 Å². The molecule has 5 rings (SSSR count). The Balaban J connectivity index is 1.41. The van der Waals surface area contributed by atoms with E-state index in [-0.39, 0.29) is 30.7 Å². The van der Waals surface area contributed by atoms with Gasteiger partial charge in [-0.15, -0.1) is 0 Å². The molecule has 5 heterocycles. The molecule has 1 saturated heterocycles. The summed E-state index contributed by atoms with van der Waals surface area (Å²) in [5, 5.41) is 14.7. The van der Waals surface area contributed by atoms with Crippen LogP contribution >= 0.6 is 0 Å². The Morgan fingerprint density at radius 1 is 1.24 bits per heavy atom. The highest BCUT2D eigenvalue weighted by Gasteiger charge is 2.38. The van der Waals surface area contributed by atoms with Crippen molar-refractivity contribution in [3.05, 3.63) is 54.6 Å². The summed E-state index contributed by atoms with van der Waals surface area (Å²) in [6.07, 6.45) is 3.51. The molecule has 174 valence electrons. The minimum absolute atomic E-state index is 0.138. The molecule has 0 bridgehead atoms. The van der Waals surface area contributed by atoms with Gasteiger partial charge in [-0.05, 0) is 18.6 Å². The highest BCUT2D eigenvalue weighted by atomic mass is 19.4. The lowest BCUT2D eigenvalue weighted by molar-refractivity contribution is -0.140. The maximum Gasteiger partial charge on any atom is 0.419 e. The molecule has 4 aromatic rings. The van der Waals surface area contributed by atoms with Gasteiger partial charge in [0.1, 0.15) is 12.0 Å². The van der Waals surface area contributed by atoms with Gasteiger partial charge in [-0.3, -0.25) is 4.68 Å². The van der Waals surface area contributed by atoms with Crippen LogP contribution in [-0.4, -0.2) is 42.8 Å². The Morgan fingerprint density at radius 3 is 2.88 bits per heavy atom. The molecular weight excluding hydrogens is 452 g/mol. The number of aromatic amines is 1. The number of hydrogen-bond acceptors (Lipinski definition) is 6. The summed E-state index contributed by atoms with van der Waals surface area (Å²) in [6.45, 7) is 0.574. The van der Waals surface area contributed by atoms with Crippen LogP contribution < -0.4 is 4.90 Å². The molecule has 8 nitrogen and oxygen atoms in total. The van der Waals surface area contributed by atoms with Gasteiger partial charge < -0.3 is 9.88 Å². The van der Waals surface area contributed by atoms with Crippen LogP contribution in [-0.2, 0) is 6.18 Å². The van der Waals surface area contributed by atoms with E-state index in [0.29, 0.717) is 30.4 Å². The van der Waals surface area contributed by atoms with Crippen LogP contribution in [0.5, 0.6) is 0 Å². The monoisotopic (exact) mass is 470 g/mol. The molecule has 4 aromatic heterocycles. The van der Waals surface area contributed by atoms with Crippen molar-refractivity contribution in [1.82, 2.24) is 29.7 Å². The molecule has 0 spiro atoms. The van der Waals surface area contributed by atoms with E-state index in [1.807, 2.05) is 6.07 Å². The molecule has 0 aliphatic carbocycles. The highest BCUT2D eigenvalue weighted by Crippen LogP contribution is 2.37. The fourth-order valence-electron chi connectivity index (χ4n) is 4.48. The molecular formula is C22H18F4N8. The fraction of sp³-hybridized carbons (Fsp3) is 0.318. The number of fused-ring (bicyclic) bond motifs is 1. The van der Waals surface area contributed by atoms with Crippen molar-refractivity contribution >= 4 is 16.9 Å². The molecule has 1 N–H and O–H groups in total. The Kier molecular flexibility index (Phi) is 5.39. The third-order valence-electron chi connectivity index (χ3n) is 6.11. The number of hydrogen-bond donors (Lipinski definition) is 1. The summed E-state index contributed by atoms with van der Waals surface area (Å²) in [7, 11) is 0. The van der Waals surface area contributed by atoms with Crippen molar-refractivity contribution in [2.75, 3.05) is 18.0 Å². The molecule has 1 aliphatic rings. The first-order valence-corrected chi connectivity index (χ1v) is 10.5. The predicted molar refractivity (Wildman–Crippen MR) is 114 cm³/mol. The predicted octanol–water partition coefficient (Wildman–Crippen LogP) is 4.36. The number of anilines is 1. The SMILES string of the molecule is N#CC[C@@H]([C@H]1CCN(c2nccc(C(F)(F)F)c2F)C1)n1cc(-c2ncnc3[nH]ccc23)cn1. The number of rotatable bonds is 5. The lowest BCUT2D eigenvalue weighted by Crippen LogP contribution is -2.27.